The molecule has 2 unspecified atom stereocenters. The number of nitrogens with one attached hydrogen (secondary N) is 1. The molecule has 0 saturated heterocycles. The number of benzene rings is 1. The predicted molar refractivity (Wildman–Crippen MR) is 60.4 cm³/mol. The van der Waals surface area contributed by atoms with Gasteiger partial charge in [0, 0.05) is 36.9 Å². The summed E-state index contributed by atoms with van der Waals surface area (Å²) in [4.78, 5) is 0. The monoisotopic (exact) mass is 207 g/mol. The number of ether oxygens (including phenoxy) is 2. The van der Waals surface area contributed by atoms with Crippen molar-refractivity contribution in [2.24, 2.45) is 5.92 Å². The maximum atomic E-state index is 5.52. The van der Waals surface area contributed by atoms with E-state index in [1.165, 1.54) is 5.56 Å². The second-order valence-electron chi connectivity index (χ2n) is 3.97. The molecule has 1 aliphatic rings. The molecule has 0 aliphatic carbocycles. The third kappa shape index (κ3) is 1.79. The molecular weight excluding hydrogens is 190 g/mol. The van der Waals surface area contributed by atoms with Crippen LogP contribution in [0.4, 0.5) is 5.69 Å². The molecule has 3 heteroatoms. The number of methoxy groups -OCH3 is 2. The van der Waals surface area contributed by atoms with Gasteiger partial charge in [0.25, 0.3) is 0 Å². The van der Waals surface area contributed by atoms with Crippen LogP contribution in [-0.2, 0) is 4.74 Å². The van der Waals surface area contributed by atoms with E-state index in [9.17, 15) is 0 Å². The first-order chi connectivity index (χ1) is 7.26. The second-order valence-corrected chi connectivity index (χ2v) is 3.97. The van der Waals surface area contributed by atoms with Crippen LogP contribution in [0.3, 0.4) is 0 Å². The van der Waals surface area contributed by atoms with Gasteiger partial charge in [-0.3, -0.25) is 0 Å². The van der Waals surface area contributed by atoms with Crippen molar-refractivity contribution in [2.75, 3.05) is 26.1 Å². The Morgan fingerprint density at radius 3 is 2.80 bits per heavy atom. The third-order valence-electron chi connectivity index (χ3n) is 2.95. The summed E-state index contributed by atoms with van der Waals surface area (Å²) < 4.78 is 10.7. The van der Waals surface area contributed by atoms with Crippen molar-refractivity contribution in [3.05, 3.63) is 23.8 Å². The molecule has 0 amide bonds. The van der Waals surface area contributed by atoms with Crippen LogP contribution in [0.2, 0.25) is 0 Å². The molecule has 0 spiro atoms. The summed E-state index contributed by atoms with van der Waals surface area (Å²) in [6, 6.07) is 6.07. The minimum Gasteiger partial charge on any atom is -0.497 e. The van der Waals surface area contributed by atoms with Crippen LogP contribution >= 0.6 is 0 Å². The Bertz CT molecular complexity index is 351. The van der Waals surface area contributed by atoms with E-state index in [-0.39, 0.29) is 6.10 Å². The number of hydrogen-bond acceptors (Lipinski definition) is 3. The number of fused-ring (bicyclic) bond motifs is 1. The summed E-state index contributed by atoms with van der Waals surface area (Å²) in [6.45, 7) is 3.13. The molecule has 2 atom stereocenters. The van der Waals surface area contributed by atoms with Crippen molar-refractivity contribution in [2.45, 2.75) is 13.0 Å². The molecule has 0 aromatic heterocycles. The van der Waals surface area contributed by atoms with Gasteiger partial charge in [-0.25, -0.2) is 0 Å². The highest BCUT2D eigenvalue weighted by molar-refractivity contribution is 5.58. The third-order valence-corrected chi connectivity index (χ3v) is 2.95. The van der Waals surface area contributed by atoms with Gasteiger partial charge in [-0.15, -0.1) is 0 Å². The minimum absolute atomic E-state index is 0.187. The summed E-state index contributed by atoms with van der Waals surface area (Å²) in [7, 11) is 3.45. The van der Waals surface area contributed by atoms with E-state index in [4.69, 9.17) is 9.47 Å². The van der Waals surface area contributed by atoms with Gasteiger partial charge >= 0.3 is 0 Å². The van der Waals surface area contributed by atoms with Gasteiger partial charge in [-0.2, -0.15) is 0 Å². The molecular formula is C12H17NO2. The van der Waals surface area contributed by atoms with Gasteiger partial charge in [-0.05, 0) is 6.07 Å². The standard InChI is InChI=1S/C12H17NO2/c1-8-7-13-11-6-9(14-2)4-5-10(11)12(8)15-3/h4-6,8,12-13H,7H2,1-3H3. The summed E-state index contributed by atoms with van der Waals surface area (Å²) in [5, 5.41) is 3.39. The average Bonchev–Trinajstić information content (AvgIpc) is 2.28. The van der Waals surface area contributed by atoms with E-state index in [1.807, 2.05) is 12.1 Å². The van der Waals surface area contributed by atoms with E-state index < -0.39 is 0 Å². The second kappa shape index (κ2) is 4.11. The lowest BCUT2D eigenvalue weighted by Crippen LogP contribution is -2.26. The van der Waals surface area contributed by atoms with Crippen LogP contribution in [0.25, 0.3) is 0 Å². The lowest BCUT2D eigenvalue weighted by atomic mass is 9.92. The zero-order chi connectivity index (χ0) is 10.8. The fourth-order valence-electron chi connectivity index (χ4n) is 2.11. The first kappa shape index (κ1) is 10.3. The Morgan fingerprint density at radius 2 is 2.13 bits per heavy atom. The first-order valence-electron chi connectivity index (χ1n) is 5.21. The molecule has 1 aliphatic heterocycles. The SMILES string of the molecule is COc1ccc2c(c1)NCC(C)C2OC. The Morgan fingerprint density at radius 1 is 1.33 bits per heavy atom. The number of rotatable bonds is 2. The summed E-state index contributed by atoms with van der Waals surface area (Å²) >= 11 is 0. The summed E-state index contributed by atoms with van der Waals surface area (Å²) in [5.74, 6) is 1.38. The molecule has 1 aromatic carbocycles. The molecule has 1 aromatic rings. The van der Waals surface area contributed by atoms with Gasteiger partial charge in [0.1, 0.15) is 5.75 Å². The fourth-order valence-corrected chi connectivity index (χ4v) is 2.11. The van der Waals surface area contributed by atoms with Gasteiger partial charge in [-0.1, -0.05) is 13.0 Å². The van der Waals surface area contributed by atoms with Crippen LogP contribution in [0.15, 0.2) is 18.2 Å². The van der Waals surface area contributed by atoms with Crippen LogP contribution < -0.4 is 10.1 Å². The van der Waals surface area contributed by atoms with Crippen molar-refractivity contribution < 1.29 is 9.47 Å². The quantitative estimate of drug-likeness (QED) is 0.808. The summed E-state index contributed by atoms with van der Waals surface area (Å²) in [6.07, 6.45) is 0.187. The number of anilines is 1. The lowest BCUT2D eigenvalue weighted by molar-refractivity contribution is 0.0596. The molecule has 0 bridgehead atoms. The fraction of sp³-hybridized carbons (Fsp3) is 0.500. The molecule has 2 rings (SSSR count). The first-order valence-corrected chi connectivity index (χ1v) is 5.21. The van der Waals surface area contributed by atoms with E-state index in [0.717, 1.165) is 18.0 Å². The topological polar surface area (TPSA) is 30.5 Å². The van der Waals surface area contributed by atoms with E-state index in [0.29, 0.717) is 5.92 Å². The molecule has 3 nitrogen and oxygen atoms in total. The molecule has 1 N–H and O–H groups in total. The largest absolute Gasteiger partial charge is 0.497 e. The van der Waals surface area contributed by atoms with Crippen LogP contribution in [-0.4, -0.2) is 20.8 Å². The Labute approximate surface area is 90.4 Å². The van der Waals surface area contributed by atoms with Crippen molar-refractivity contribution in [3.63, 3.8) is 0 Å². The van der Waals surface area contributed by atoms with Gasteiger partial charge in [0.2, 0.25) is 0 Å². The maximum Gasteiger partial charge on any atom is 0.120 e. The smallest absolute Gasteiger partial charge is 0.120 e. The Hall–Kier alpha value is -1.22. The van der Waals surface area contributed by atoms with E-state index in [1.54, 1.807) is 14.2 Å². The van der Waals surface area contributed by atoms with Crippen LogP contribution in [0, 0.1) is 5.92 Å². The van der Waals surface area contributed by atoms with Crippen LogP contribution in [0.5, 0.6) is 5.75 Å². The highest BCUT2D eigenvalue weighted by Gasteiger charge is 2.26. The molecule has 1 heterocycles. The van der Waals surface area contributed by atoms with E-state index >= 15 is 0 Å². The lowest BCUT2D eigenvalue weighted by Gasteiger charge is -2.31. The normalized spacial score (nSPS) is 24.2. The zero-order valence-corrected chi connectivity index (χ0v) is 9.41. The average molecular weight is 207 g/mol. The van der Waals surface area contributed by atoms with Crippen molar-refractivity contribution in [3.8, 4) is 5.75 Å². The highest BCUT2D eigenvalue weighted by Crippen LogP contribution is 2.37. The predicted octanol–water partition coefficient (Wildman–Crippen LogP) is 2.44. The van der Waals surface area contributed by atoms with Crippen molar-refractivity contribution in [1.82, 2.24) is 0 Å². The number of hydrogen-bond donors (Lipinski definition) is 1. The molecule has 15 heavy (non-hydrogen) atoms. The van der Waals surface area contributed by atoms with E-state index in [2.05, 4.69) is 18.3 Å². The maximum absolute atomic E-state index is 5.52. The highest BCUT2D eigenvalue weighted by atomic mass is 16.5. The molecule has 0 radical (unpaired) electrons. The molecule has 82 valence electrons. The summed E-state index contributed by atoms with van der Waals surface area (Å²) in [5.41, 5.74) is 2.34. The van der Waals surface area contributed by atoms with Gasteiger partial charge in [0.05, 0.1) is 13.2 Å². The minimum atomic E-state index is 0.187. The van der Waals surface area contributed by atoms with Crippen LogP contribution in [0.1, 0.15) is 18.6 Å². The van der Waals surface area contributed by atoms with Gasteiger partial charge in [0.15, 0.2) is 0 Å². The van der Waals surface area contributed by atoms with Crippen molar-refractivity contribution >= 4 is 5.69 Å². The molecule has 0 saturated carbocycles. The van der Waals surface area contributed by atoms with Crippen molar-refractivity contribution in [1.29, 1.82) is 0 Å². The molecule has 0 fully saturated rings. The van der Waals surface area contributed by atoms with Gasteiger partial charge < -0.3 is 14.8 Å². The Balaban J connectivity index is 2.38. The zero-order valence-electron chi connectivity index (χ0n) is 9.41. The Kier molecular flexibility index (Phi) is 2.82.